The van der Waals surface area contributed by atoms with Crippen LogP contribution in [0.3, 0.4) is 0 Å². The fraction of sp³-hybridized carbons (Fsp3) is 0.500. The maximum absolute atomic E-state index is 13.5. The quantitative estimate of drug-likeness (QED) is 0.537. The molecule has 1 fully saturated rings. The van der Waals surface area contributed by atoms with Crippen molar-refractivity contribution in [1.82, 2.24) is 4.90 Å². The first-order valence-corrected chi connectivity index (χ1v) is 12.3. The molecule has 2 aliphatic rings. The zero-order chi connectivity index (χ0) is 23.6. The summed E-state index contributed by atoms with van der Waals surface area (Å²) in [5.41, 5.74) is 3.45. The number of carboxylic acids is 1. The summed E-state index contributed by atoms with van der Waals surface area (Å²) in [5, 5.41) is 10.4. The molecule has 0 spiro atoms. The Kier molecular flexibility index (Phi) is 6.78. The molecule has 1 saturated carbocycles. The molecule has 1 N–H and O–H groups in total. The lowest BCUT2D eigenvalue weighted by Gasteiger charge is -2.49. The van der Waals surface area contributed by atoms with E-state index in [1.54, 1.807) is 4.90 Å². The summed E-state index contributed by atoms with van der Waals surface area (Å²) in [6, 6.07) is 16.5. The van der Waals surface area contributed by atoms with Crippen molar-refractivity contribution in [3.63, 3.8) is 0 Å². The maximum Gasteiger partial charge on any atom is 0.410 e. The third-order valence-corrected chi connectivity index (χ3v) is 7.60. The van der Waals surface area contributed by atoms with Gasteiger partial charge in [-0.25, -0.2) is 9.59 Å². The molecule has 0 aliphatic heterocycles. The number of fused-ring (bicyclic) bond motifs is 3. The van der Waals surface area contributed by atoms with Gasteiger partial charge in [0.05, 0.1) is 0 Å². The maximum atomic E-state index is 13.5. The molecule has 0 saturated heterocycles. The van der Waals surface area contributed by atoms with E-state index >= 15 is 0 Å². The lowest BCUT2D eigenvalue weighted by molar-refractivity contribution is -0.159. The molecule has 33 heavy (non-hydrogen) atoms. The van der Waals surface area contributed by atoms with Gasteiger partial charge in [0.1, 0.15) is 12.1 Å². The average molecular weight is 450 g/mol. The first kappa shape index (κ1) is 23.3. The summed E-state index contributed by atoms with van der Waals surface area (Å²) in [6.07, 6.45) is 3.29. The highest BCUT2D eigenvalue weighted by Crippen LogP contribution is 2.46. The standard InChI is InChI=1S/C28H35NO4/c1-4-17-29(28(26(30)31)16-10-9-15-25(28)19(2)3)27(32)33-18-24-22-13-7-5-11-20(22)21-12-6-8-14-23(21)24/h5-8,11-14,19,24-25H,4,9-10,15-18H2,1-3H3,(H,30,31). The third-order valence-electron chi connectivity index (χ3n) is 7.60. The zero-order valence-electron chi connectivity index (χ0n) is 19.9. The Hall–Kier alpha value is -2.82. The van der Waals surface area contributed by atoms with Gasteiger partial charge in [-0.05, 0) is 53.4 Å². The van der Waals surface area contributed by atoms with Crippen LogP contribution in [0.4, 0.5) is 4.79 Å². The molecule has 0 aromatic heterocycles. The van der Waals surface area contributed by atoms with E-state index in [1.807, 2.05) is 31.2 Å². The largest absolute Gasteiger partial charge is 0.479 e. The number of carboxylic acid groups (broad SMARTS) is 1. The molecule has 5 heteroatoms. The number of carbonyl (C=O) groups is 2. The van der Waals surface area contributed by atoms with Gasteiger partial charge in [-0.15, -0.1) is 0 Å². The minimum absolute atomic E-state index is 0.0437. The molecule has 2 atom stereocenters. The van der Waals surface area contributed by atoms with E-state index in [2.05, 4.69) is 38.1 Å². The Labute approximate surface area is 196 Å². The highest BCUT2D eigenvalue weighted by molar-refractivity contribution is 5.85. The molecule has 2 aromatic rings. The van der Waals surface area contributed by atoms with Crippen LogP contribution in [0.25, 0.3) is 11.1 Å². The van der Waals surface area contributed by atoms with Crippen LogP contribution in [-0.4, -0.2) is 40.8 Å². The number of rotatable bonds is 7. The van der Waals surface area contributed by atoms with Crippen molar-refractivity contribution >= 4 is 12.1 Å². The van der Waals surface area contributed by atoms with Gasteiger partial charge in [0.2, 0.25) is 0 Å². The molecule has 0 bridgehead atoms. The smallest absolute Gasteiger partial charge is 0.410 e. The number of carbonyl (C=O) groups excluding carboxylic acids is 1. The predicted octanol–water partition coefficient (Wildman–Crippen LogP) is 6.32. The van der Waals surface area contributed by atoms with Crippen LogP contribution in [0.5, 0.6) is 0 Å². The van der Waals surface area contributed by atoms with Crippen LogP contribution in [0.1, 0.15) is 69.9 Å². The van der Waals surface area contributed by atoms with Crippen molar-refractivity contribution < 1.29 is 19.4 Å². The van der Waals surface area contributed by atoms with E-state index in [1.165, 1.54) is 11.1 Å². The normalized spacial score (nSPS) is 22.0. The van der Waals surface area contributed by atoms with Crippen LogP contribution in [0.15, 0.2) is 48.5 Å². The van der Waals surface area contributed by atoms with Gasteiger partial charge < -0.3 is 9.84 Å². The number of amides is 1. The van der Waals surface area contributed by atoms with Crippen molar-refractivity contribution in [2.45, 2.75) is 64.3 Å². The summed E-state index contributed by atoms with van der Waals surface area (Å²) in [7, 11) is 0. The molecule has 4 rings (SSSR count). The summed E-state index contributed by atoms with van der Waals surface area (Å²) in [4.78, 5) is 27.8. The molecule has 2 unspecified atom stereocenters. The van der Waals surface area contributed by atoms with Crippen LogP contribution in [0.2, 0.25) is 0 Å². The molecule has 0 radical (unpaired) electrons. The van der Waals surface area contributed by atoms with E-state index in [9.17, 15) is 14.7 Å². The highest BCUT2D eigenvalue weighted by atomic mass is 16.6. The van der Waals surface area contributed by atoms with Gasteiger partial charge in [0.25, 0.3) is 0 Å². The summed E-state index contributed by atoms with van der Waals surface area (Å²) >= 11 is 0. The van der Waals surface area contributed by atoms with Gasteiger partial charge in [-0.2, -0.15) is 0 Å². The topological polar surface area (TPSA) is 66.8 Å². The molecule has 2 aromatic carbocycles. The van der Waals surface area contributed by atoms with Gasteiger partial charge in [0.15, 0.2) is 0 Å². The van der Waals surface area contributed by atoms with Gasteiger partial charge in [-0.1, -0.05) is 82.1 Å². The average Bonchev–Trinajstić information content (AvgIpc) is 3.14. The second-order valence-corrected chi connectivity index (χ2v) is 9.78. The fourth-order valence-electron chi connectivity index (χ4n) is 6.13. The predicted molar refractivity (Wildman–Crippen MR) is 129 cm³/mol. The minimum atomic E-state index is -1.20. The lowest BCUT2D eigenvalue weighted by Crippen LogP contribution is -2.64. The number of benzene rings is 2. The Morgan fingerprint density at radius 3 is 2.21 bits per heavy atom. The first-order valence-electron chi connectivity index (χ1n) is 12.3. The minimum Gasteiger partial charge on any atom is -0.479 e. The SMILES string of the molecule is CCCN(C(=O)OCC1c2ccccc2-c2ccccc21)C1(C(=O)O)CCCCC1C(C)C. The van der Waals surface area contributed by atoms with Crippen molar-refractivity contribution in [3.8, 4) is 11.1 Å². The number of aliphatic carboxylic acids is 1. The van der Waals surface area contributed by atoms with Crippen LogP contribution in [0, 0.1) is 11.8 Å². The summed E-state index contributed by atoms with van der Waals surface area (Å²) < 4.78 is 5.93. The fourth-order valence-corrected chi connectivity index (χ4v) is 6.13. The Bertz CT molecular complexity index is 971. The number of hydrogen-bond acceptors (Lipinski definition) is 3. The molecule has 5 nitrogen and oxygen atoms in total. The molecule has 0 heterocycles. The van der Waals surface area contributed by atoms with Crippen LogP contribution in [-0.2, 0) is 9.53 Å². The first-order chi connectivity index (χ1) is 15.9. The van der Waals surface area contributed by atoms with E-state index in [0.29, 0.717) is 19.4 Å². The highest BCUT2D eigenvalue weighted by Gasteiger charge is 2.54. The van der Waals surface area contributed by atoms with E-state index in [4.69, 9.17) is 4.74 Å². The Balaban J connectivity index is 1.61. The zero-order valence-corrected chi connectivity index (χ0v) is 19.9. The number of nitrogens with zero attached hydrogens (tertiary/aromatic N) is 1. The molecule has 1 amide bonds. The molecule has 2 aliphatic carbocycles. The Morgan fingerprint density at radius 1 is 1.06 bits per heavy atom. The van der Waals surface area contributed by atoms with Gasteiger partial charge in [0, 0.05) is 12.5 Å². The lowest BCUT2D eigenvalue weighted by atomic mass is 9.67. The van der Waals surface area contributed by atoms with Crippen molar-refractivity contribution in [1.29, 1.82) is 0 Å². The second kappa shape index (κ2) is 9.58. The van der Waals surface area contributed by atoms with E-state index < -0.39 is 17.6 Å². The summed E-state index contributed by atoms with van der Waals surface area (Å²) in [6.45, 7) is 6.69. The van der Waals surface area contributed by atoms with Crippen LogP contribution >= 0.6 is 0 Å². The van der Waals surface area contributed by atoms with Crippen molar-refractivity contribution in [2.75, 3.05) is 13.2 Å². The van der Waals surface area contributed by atoms with E-state index in [0.717, 1.165) is 30.4 Å². The monoisotopic (exact) mass is 449 g/mol. The molecular formula is C28H35NO4. The van der Waals surface area contributed by atoms with Gasteiger partial charge >= 0.3 is 12.1 Å². The second-order valence-electron chi connectivity index (χ2n) is 9.78. The number of hydrogen-bond donors (Lipinski definition) is 1. The summed E-state index contributed by atoms with van der Waals surface area (Å²) in [5.74, 6) is -0.862. The third kappa shape index (κ3) is 4.03. The number of ether oxygens (including phenoxy) is 1. The molecular weight excluding hydrogens is 414 g/mol. The Morgan fingerprint density at radius 2 is 1.67 bits per heavy atom. The van der Waals surface area contributed by atoms with Crippen molar-refractivity contribution in [2.24, 2.45) is 11.8 Å². The molecule has 176 valence electrons. The van der Waals surface area contributed by atoms with E-state index in [-0.39, 0.29) is 24.4 Å². The van der Waals surface area contributed by atoms with Crippen LogP contribution < -0.4 is 0 Å². The van der Waals surface area contributed by atoms with Gasteiger partial charge in [-0.3, -0.25) is 4.90 Å². The van der Waals surface area contributed by atoms with Crippen molar-refractivity contribution in [3.05, 3.63) is 59.7 Å².